The summed E-state index contributed by atoms with van der Waals surface area (Å²) in [7, 11) is 0. The van der Waals surface area contributed by atoms with Gasteiger partial charge >= 0.3 is 0 Å². The first-order chi connectivity index (χ1) is 12.4. The Kier molecular flexibility index (Phi) is 5.20. The molecule has 3 rings (SSSR count). The number of carbonyl (C=O) groups excluding carboxylic acids is 1. The van der Waals surface area contributed by atoms with E-state index in [4.69, 9.17) is 27.9 Å². The molecule has 2 aromatic carbocycles. The lowest BCUT2D eigenvalue weighted by Gasteiger charge is -2.12. The minimum Gasteiger partial charge on any atom is -0.504 e. The van der Waals surface area contributed by atoms with Gasteiger partial charge in [-0.25, -0.2) is 0 Å². The van der Waals surface area contributed by atoms with Crippen LogP contribution in [0.2, 0.25) is 10.0 Å². The van der Waals surface area contributed by atoms with E-state index >= 15 is 0 Å². The minimum absolute atomic E-state index is 0.0505. The van der Waals surface area contributed by atoms with Crippen molar-refractivity contribution in [3.8, 4) is 11.5 Å². The molecule has 1 heterocycles. The Balaban J connectivity index is 1.94. The lowest BCUT2D eigenvalue weighted by Crippen LogP contribution is -2.21. The molecule has 2 aromatic rings. The molecule has 1 N–H and O–H groups in total. The molecule has 0 aliphatic carbocycles. The Labute approximate surface area is 161 Å². The van der Waals surface area contributed by atoms with Crippen LogP contribution in [0, 0.1) is 0 Å². The molecule has 0 aromatic heterocycles. The lowest BCUT2D eigenvalue weighted by molar-refractivity contribution is -0.114. The van der Waals surface area contributed by atoms with Gasteiger partial charge in [0.05, 0.1) is 33.6 Å². The summed E-state index contributed by atoms with van der Waals surface area (Å²) in [5.41, 5.74) is 2.28. The van der Waals surface area contributed by atoms with Crippen LogP contribution in [0.5, 0.6) is 11.5 Å². The Morgan fingerprint density at radius 1 is 1.19 bits per heavy atom. The number of halogens is 2. The van der Waals surface area contributed by atoms with Crippen molar-refractivity contribution in [1.82, 2.24) is 0 Å². The molecule has 0 bridgehead atoms. The predicted octanol–water partition coefficient (Wildman–Crippen LogP) is 4.90. The van der Waals surface area contributed by atoms with E-state index in [0.29, 0.717) is 39.4 Å². The summed E-state index contributed by atoms with van der Waals surface area (Å²) in [6.07, 6.45) is 1.71. The van der Waals surface area contributed by atoms with Crippen LogP contribution in [0.4, 0.5) is 5.69 Å². The van der Waals surface area contributed by atoms with Crippen LogP contribution in [-0.4, -0.2) is 23.3 Å². The number of nitrogens with zero attached hydrogens (tertiary/aromatic N) is 2. The fourth-order valence-corrected chi connectivity index (χ4v) is 2.83. The van der Waals surface area contributed by atoms with Crippen LogP contribution in [0.3, 0.4) is 0 Å². The molecule has 0 spiro atoms. The molecular weight excluding hydrogens is 375 g/mol. The van der Waals surface area contributed by atoms with E-state index in [1.807, 2.05) is 6.92 Å². The SMILES string of the molecule is CCOc1cc(C=C2C(=O)N(c3ccc(Cl)c(Cl)c3)N=C2C)ccc1O. The van der Waals surface area contributed by atoms with Gasteiger partial charge in [-0.1, -0.05) is 29.3 Å². The summed E-state index contributed by atoms with van der Waals surface area (Å²) < 4.78 is 5.38. The highest BCUT2D eigenvalue weighted by Gasteiger charge is 2.29. The quantitative estimate of drug-likeness (QED) is 0.754. The second-order valence-corrected chi connectivity index (χ2v) is 6.43. The molecule has 1 amide bonds. The van der Waals surface area contributed by atoms with Crippen LogP contribution >= 0.6 is 23.2 Å². The number of phenolic OH excluding ortho intramolecular Hbond substituents is 1. The second kappa shape index (κ2) is 7.40. The number of benzene rings is 2. The number of phenols is 1. The third-order valence-electron chi connectivity index (χ3n) is 3.81. The van der Waals surface area contributed by atoms with Gasteiger partial charge in [-0.05, 0) is 55.8 Å². The van der Waals surface area contributed by atoms with Crippen molar-refractivity contribution in [2.45, 2.75) is 13.8 Å². The van der Waals surface area contributed by atoms with Gasteiger partial charge in [0, 0.05) is 0 Å². The third-order valence-corrected chi connectivity index (χ3v) is 4.54. The van der Waals surface area contributed by atoms with Crippen molar-refractivity contribution >= 4 is 46.6 Å². The maximum absolute atomic E-state index is 12.8. The summed E-state index contributed by atoms with van der Waals surface area (Å²) >= 11 is 12.0. The molecule has 0 radical (unpaired) electrons. The molecular formula is C19H16Cl2N2O3. The van der Waals surface area contributed by atoms with Gasteiger partial charge in [-0.2, -0.15) is 10.1 Å². The number of amides is 1. The molecule has 0 unspecified atom stereocenters. The zero-order valence-corrected chi connectivity index (χ0v) is 15.7. The van der Waals surface area contributed by atoms with Gasteiger partial charge in [0.1, 0.15) is 0 Å². The normalized spacial score (nSPS) is 15.5. The topological polar surface area (TPSA) is 62.1 Å². The average Bonchev–Trinajstić information content (AvgIpc) is 2.88. The van der Waals surface area contributed by atoms with E-state index in [1.54, 1.807) is 43.3 Å². The molecule has 7 heteroatoms. The summed E-state index contributed by atoms with van der Waals surface area (Å²) in [5, 5.41) is 16.2. The second-order valence-electron chi connectivity index (χ2n) is 5.62. The first kappa shape index (κ1) is 18.3. The van der Waals surface area contributed by atoms with Crippen LogP contribution in [0.25, 0.3) is 6.08 Å². The lowest BCUT2D eigenvalue weighted by atomic mass is 10.1. The summed E-state index contributed by atoms with van der Waals surface area (Å²) in [6, 6.07) is 9.80. The fourth-order valence-electron chi connectivity index (χ4n) is 2.53. The molecule has 0 fully saturated rings. The summed E-state index contributed by atoms with van der Waals surface area (Å²) in [5.74, 6) is 0.143. The summed E-state index contributed by atoms with van der Waals surface area (Å²) in [6.45, 7) is 4.01. The van der Waals surface area contributed by atoms with Crippen LogP contribution < -0.4 is 9.75 Å². The van der Waals surface area contributed by atoms with Crippen molar-refractivity contribution in [2.24, 2.45) is 5.10 Å². The highest BCUT2D eigenvalue weighted by molar-refractivity contribution is 6.42. The van der Waals surface area contributed by atoms with Gasteiger partial charge in [-0.15, -0.1) is 0 Å². The van der Waals surface area contributed by atoms with E-state index in [2.05, 4.69) is 5.10 Å². The molecule has 0 saturated heterocycles. The smallest absolute Gasteiger partial charge is 0.280 e. The van der Waals surface area contributed by atoms with Gasteiger partial charge in [0.15, 0.2) is 11.5 Å². The fraction of sp³-hybridized carbons (Fsp3) is 0.158. The van der Waals surface area contributed by atoms with Gasteiger partial charge in [0.2, 0.25) is 0 Å². The Morgan fingerprint density at radius 3 is 2.65 bits per heavy atom. The van der Waals surface area contributed by atoms with Crippen molar-refractivity contribution < 1.29 is 14.6 Å². The highest BCUT2D eigenvalue weighted by Crippen LogP contribution is 2.32. The number of hydrazone groups is 1. The number of hydrogen-bond donors (Lipinski definition) is 1. The minimum atomic E-state index is -0.271. The number of anilines is 1. The molecule has 0 atom stereocenters. The molecule has 0 saturated carbocycles. The van der Waals surface area contributed by atoms with E-state index in [0.717, 1.165) is 5.56 Å². The average molecular weight is 391 g/mol. The van der Waals surface area contributed by atoms with Crippen molar-refractivity contribution in [3.05, 3.63) is 57.6 Å². The first-order valence-electron chi connectivity index (χ1n) is 7.93. The number of carbonyl (C=O) groups is 1. The van der Waals surface area contributed by atoms with Gasteiger partial charge < -0.3 is 9.84 Å². The largest absolute Gasteiger partial charge is 0.504 e. The van der Waals surface area contributed by atoms with E-state index in [1.165, 1.54) is 11.1 Å². The van der Waals surface area contributed by atoms with E-state index in [9.17, 15) is 9.90 Å². The zero-order chi connectivity index (χ0) is 18.8. The first-order valence-corrected chi connectivity index (χ1v) is 8.69. The highest BCUT2D eigenvalue weighted by atomic mass is 35.5. The van der Waals surface area contributed by atoms with Crippen LogP contribution in [-0.2, 0) is 4.79 Å². The number of aromatic hydroxyl groups is 1. The van der Waals surface area contributed by atoms with Crippen molar-refractivity contribution in [2.75, 3.05) is 11.6 Å². The van der Waals surface area contributed by atoms with Crippen LogP contribution in [0.15, 0.2) is 47.1 Å². The molecule has 134 valence electrons. The van der Waals surface area contributed by atoms with E-state index in [-0.39, 0.29) is 11.7 Å². The Morgan fingerprint density at radius 2 is 1.96 bits per heavy atom. The van der Waals surface area contributed by atoms with Crippen molar-refractivity contribution in [3.63, 3.8) is 0 Å². The predicted molar refractivity (Wildman–Crippen MR) is 104 cm³/mol. The van der Waals surface area contributed by atoms with E-state index < -0.39 is 0 Å². The maximum Gasteiger partial charge on any atom is 0.280 e. The van der Waals surface area contributed by atoms with Gasteiger partial charge in [-0.3, -0.25) is 4.79 Å². The number of ether oxygens (including phenoxy) is 1. The van der Waals surface area contributed by atoms with Gasteiger partial charge in [0.25, 0.3) is 5.91 Å². The van der Waals surface area contributed by atoms with Crippen molar-refractivity contribution in [1.29, 1.82) is 0 Å². The Hall–Kier alpha value is -2.50. The molecule has 1 aliphatic rings. The zero-order valence-electron chi connectivity index (χ0n) is 14.2. The van der Waals surface area contributed by atoms with Crippen LogP contribution in [0.1, 0.15) is 19.4 Å². The molecule has 1 aliphatic heterocycles. The number of rotatable bonds is 4. The number of hydrogen-bond acceptors (Lipinski definition) is 4. The third kappa shape index (κ3) is 3.54. The Bertz CT molecular complexity index is 938. The molecule has 5 nitrogen and oxygen atoms in total. The monoisotopic (exact) mass is 390 g/mol. The maximum atomic E-state index is 12.8. The molecule has 26 heavy (non-hydrogen) atoms. The standard InChI is InChI=1S/C19H16Cl2N2O3/c1-3-26-18-9-12(4-7-17(18)24)8-14-11(2)22-23(19(14)25)13-5-6-15(20)16(21)10-13/h4-10,24H,3H2,1-2H3. The summed E-state index contributed by atoms with van der Waals surface area (Å²) in [4.78, 5) is 12.8.